The van der Waals surface area contributed by atoms with Crippen molar-refractivity contribution in [3.05, 3.63) is 240 Å². The maximum atomic E-state index is 2.29. The highest BCUT2D eigenvalue weighted by atomic mass is 14.2. The molecule has 0 radical (unpaired) electrons. The lowest BCUT2D eigenvalue weighted by Crippen LogP contribution is -1.97. The molecule has 0 saturated heterocycles. The second-order valence-electron chi connectivity index (χ2n) is 13.7. The smallest absolute Gasteiger partial charge is 0.00264 e. The van der Waals surface area contributed by atoms with E-state index in [1.165, 1.54) is 93.9 Å². The molecule has 250 valence electrons. The van der Waals surface area contributed by atoms with Gasteiger partial charge in [0.15, 0.2) is 0 Å². The molecule has 0 amide bonds. The van der Waals surface area contributed by atoms with Crippen LogP contribution in [0.1, 0.15) is 27.8 Å². The summed E-state index contributed by atoms with van der Waals surface area (Å²) in [4.78, 5) is 0. The highest BCUT2D eigenvalue weighted by molar-refractivity contribution is 6.21. The number of hydrogen-bond donors (Lipinski definition) is 0. The predicted octanol–water partition coefficient (Wildman–Crippen LogP) is 14.3. The van der Waals surface area contributed by atoms with Gasteiger partial charge in [0.1, 0.15) is 0 Å². The minimum atomic E-state index is 1.19. The lowest BCUT2D eigenvalue weighted by atomic mass is 9.85. The van der Waals surface area contributed by atoms with Crippen molar-refractivity contribution in [1.29, 1.82) is 0 Å². The molecule has 0 heterocycles. The minimum absolute atomic E-state index is 1.19. The van der Waals surface area contributed by atoms with E-state index in [0.29, 0.717) is 0 Å². The van der Waals surface area contributed by atoms with Gasteiger partial charge in [0.2, 0.25) is 0 Å². The third kappa shape index (κ3) is 6.15. The van der Waals surface area contributed by atoms with Crippen LogP contribution in [0, 0.1) is 6.92 Å². The molecule has 0 aromatic heterocycles. The first-order valence-corrected chi connectivity index (χ1v) is 18.4. The van der Waals surface area contributed by atoms with E-state index in [9.17, 15) is 0 Å². The van der Waals surface area contributed by atoms with Gasteiger partial charge in [-0.1, -0.05) is 218 Å². The van der Waals surface area contributed by atoms with Crippen LogP contribution in [0.2, 0.25) is 0 Å². The molecule has 0 heteroatoms. The summed E-state index contributed by atoms with van der Waals surface area (Å²) in [6.07, 6.45) is 0. The van der Waals surface area contributed by atoms with Crippen LogP contribution in [0.4, 0.5) is 0 Å². The SMILES string of the molecule is Cc1ccc(-c2c3ccccc3c(-c3ccc(-c4ccc(C(=C(c5ccccc5)c5ccccc5)c5ccccc5)cc4)cc3)c3ccccc23)cc1. The molecular formula is C53H38. The molecule has 0 aliphatic heterocycles. The van der Waals surface area contributed by atoms with Crippen molar-refractivity contribution in [1.82, 2.24) is 0 Å². The van der Waals surface area contributed by atoms with Crippen LogP contribution in [0.3, 0.4) is 0 Å². The van der Waals surface area contributed by atoms with Crippen molar-refractivity contribution in [3.63, 3.8) is 0 Å². The standard InChI is InChI=1S/C53H38/c1-37-25-27-44(28-26-37)52-46-21-11-13-23-48(46)53(49-24-14-12-22-47(49)52)45-35-31-39(32-36-45)38-29-33-43(34-30-38)51(42-19-9-4-10-20-42)50(40-15-5-2-6-16-40)41-17-7-3-8-18-41/h2-36H,1H3. The Labute approximate surface area is 312 Å². The molecule has 0 bridgehead atoms. The van der Waals surface area contributed by atoms with Crippen molar-refractivity contribution in [2.24, 2.45) is 0 Å². The summed E-state index contributed by atoms with van der Waals surface area (Å²) < 4.78 is 0. The molecule has 9 rings (SSSR count). The van der Waals surface area contributed by atoms with Crippen LogP contribution >= 0.6 is 0 Å². The highest BCUT2D eigenvalue weighted by Gasteiger charge is 2.18. The predicted molar refractivity (Wildman–Crippen MR) is 227 cm³/mol. The number of aryl methyl sites for hydroxylation is 1. The Kier molecular flexibility index (Phi) is 8.56. The van der Waals surface area contributed by atoms with E-state index in [1.807, 2.05) is 0 Å². The molecule has 9 aromatic carbocycles. The van der Waals surface area contributed by atoms with Gasteiger partial charge in [-0.25, -0.2) is 0 Å². The molecule has 53 heavy (non-hydrogen) atoms. The summed E-state index contributed by atoms with van der Waals surface area (Å²) in [6.45, 7) is 2.15. The normalized spacial score (nSPS) is 11.1. The molecule has 0 N–H and O–H groups in total. The Hall–Kier alpha value is -6.76. The third-order valence-corrected chi connectivity index (χ3v) is 10.4. The zero-order valence-electron chi connectivity index (χ0n) is 29.7. The van der Waals surface area contributed by atoms with E-state index >= 15 is 0 Å². The van der Waals surface area contributed by atoms with E-state index < -0.39 is 0 Å². The fraction of sp³-hybridized carbons (Fsp3) is 0.0189. The van der Waals surface area contributed by atoms with Gasteiger partial charge in [-0.3, -0.25) is 0 Å². The monoisotopic (exact) mass is 674 g/mol. The summed E-state index contributed by atoms with van der Waals surface area (Å²) in [5, 5.41) is 5.09. The Morgan fingerprint density at radius 2 is 0.509 bits per heavy atom. The van der Waals surface area contributed by atoms with Crippen LogP contribution in [-0.2, 0) is 0 Å². The molecule has 9 aromatic rings. The first-order chi connectivity index (χ1) is 26.2. The van der Waals surface area contributed by atoms with E-state index in [2.05, 4.69) is 219 Å². The van der Waals surface area contributed by atoms with E-state index in [1.54, 1.807) is 0 Å². The summed E-state index contributed by atoms with van der Waals surface area (Å²) in [7, 11) is 0. The van der Waals surface area contributed by atoms with Gasteiger partial charge >= 0.3 is 0 Å². The van der Waals surface area contributed by atoms with E-state index in [-0.39, 0.29) is 0 Å². The molecular weight excluding hydrogens is 637 g/mol. The highest BCUT2D eigenvalue weighted by Crippen LogP contribution is 2.44. The molecule has 0 aliphatic carbocycles. The Bertz CT molecular complexity index is 2600. The Morgan fingerprint density at radius 1 is 0.245 bits per heavy atom. The fourth-order valence-corrected chi connectivity index (χ4v) is 7.85. The first-order valence-electron chi connectivity index (χ1n) is 18.4. The van der Waals surface area contributed by atoms with Crippen LogP contribution < -0.4 is 0 Å². The fourth-order valence-electron chi connectivity index (χ4n) is 7.85. The molecule has 0 aliphatic rings. The van der Waals surface area contributed by atoms with Crippen molar-refractivity contribution >= 4 is 32.7 Å². The molecule has 0 atom stereocenters. The van der Waals surface area contributed by atoms with Crippen LogP contribution in [-0.4, -0.2) is 0 Å². The number of benzene rings is 9. The Balaban J connectivity index is 1.14. The zero-order valence-corrected chi connectivity index (χ0v) is 29.7. The average Bonchev–Trinajstić information content (AvgIpc) is 3.23. The molecule has 0 saturated carbocycles. The molecule has 0 fully saturated rings. The van der Waals surface area contributed by atoms with Crippen molar-refractivity contribution in [2.45, 2.75) is 6.92 Å². The van der Waals surface area contributed by atoms with Gasteiger partial charge < -0.3 is 0 Å². The van der Waals surface area contributed by atoms with Gasteiger partial charge in [0.05, 0.1) is 0 Å². The zero-order chi connectivity index (χ0) is 35.6. The van der Waals surface area contributed by atoms with E-state index in [4.69, 9.17) is 0 Å². The summed E-state index contributed by atoms with van der Waals surface area (Å²) in [6, 6.07) is 77.2. The maximum absolute atomic E-state index is 2.29. The lowest BCUT2D eigenvalue weighted by Gasteiger charge is -2.19. The lowest BCUT2D eigenvalue weighted by molar-refractivity contribution is 1.47. The largest absolute Gasteiger partial charge is 0.0622 e. The van der Waals surface area contributed by atoms with Gasteiger partial charge in [0.25, 0.3) is 0 Å². The van der Waals surface area contributed by atoms with Crippen LogP contribution in [0.25, 0.3) is 66.1 Å². The average molecular weight is 675 g/mol. The molecule has 0 nitrogen and oxygen atoms in total. The third-order valence-electron chi connectivity index (χ3n) is 10.4. The Morgan fingerprint density at radius 3 is 0.868 bits per heavy atom. The number of fused-ring (bicyclic) bond motifs is 2. The van der Waals surface area contributed by atoms with Crippen LogP contribution in [0.15, 0.2) is 212 Å². The van der Waals surface area contributed by atoms with Gasteiger partial charge in [0, 0.05) is 0 Å². The number of hydrogen-bond acceptors (Lipinski definition) is 0. The summed E-state index contributed by atoms with van der Waals surface area (Å²) >= 11 is 0. The van der Waals surface area contributed by atoms with Crippen LogP contribution in [0.5, 0.6) is 0 Å². The number of rotatable bonds is 7. The summed E-state index contributed by atoms with van der Waals surface area (Å²) in [5.74, 6) is 0. The maximum Gasteiger partial charge on any atom is -0.00264 e. The quantitative estimate of drug-likeness (QED) is 0.117. The first kappa shape index (κ1) is 32.2. The van der Waals surface area contributed by atoms with Gasteiger partial charge in [-0.2, -0.15) is 0 Å². The second kappa shape index (κ2) is 14.1. The topological polar surface area (TPSA) is 0 Å². The molecule has 0 unspecified atom stereocenters. The minimum Gasteiger partial charge on any atom is -0.0622 e. The second-order valence-corrected chi connectivity index (χ2v) is 13.7. The molecule has 0 spiro atoms. The van der Waals surface area contributed by atoms with Crippen molar-refractivity contribution < 1.29 is 0 Å². The van der Waals surface area contributed by atoms with Crippen molar-refractivity contribution in [2.75, 3.05) is 0 Å². The van der Waals surface area contributed by atoms with Gasteiger partial charge in [-0.05, 0) is 95.2 Å². The van der Waals surface area contributed by atoms with Crippen molar-refractivity contribution in [3.8, 4) is 33.4 Å². The van der Waals surface area contributed by atoms with E-state index in [0.717, 1.165) is 0 Å². The van der Waals surface area contributed by atoms with Gasteiger partial charge in [-0.15, -0.1) is 0 Å². The summed E-state index contributed by atoms with van der Waals surface area (Å²) in [5.41, 5.74) is 15.9.